The van der Waals surface area contributed by atoms with Gasteiger partial charge in [0.25, 0.3) is 0 Å². The molecule has 0 saturated carbocycles. The fraction of sp³-hybridized carbons (Fsp3) is 1.00. The molecule has 4 heteroatoms. The molecule has 0 spiro atoms. The third-order valence-electron chi connectivity index (χ3n) is 3.72. The molecule has 122 valence electrons. The van der Waals surface area contributed by atoms with Crippen molar-refractivity contribution in [1.29, 1.82) is 0 Å². The minimum absolute atomic E-state index is 0.0339. The van der Waals surface area contributed by atoms with E-state index < -0.39 is 0 Å². The van der Waals surface area contributed by atoms with Crippen LogP contribution in [0.1, 0.15) is 97.3 Å². The molecule has 0 amide bonds. The van der Waals surface area contributed by atoms with Crippen LogP contribution in [0.2, 0.25) is 0 Å². The molecule has 0 saturated heterocycles. The maximum atomic E-state index is 8.12. The zero-order valence-corrected chi connectivity index (χ0v) is 13.4. The molecule has 0 radical (unpaired) electrons. The van der Waals surface area contributed by atoms with Crippen molar-refractivity contribution in [3.63, 3.8) is 0 Å². The molecule has 0 aromatic heterocycles. The van der Waals surface area contributed by atoms with Gasteiger partial charge >= 0.3 is 0 Å². The average Bonchev–Trinajstić information content (AvgIpc) is 2.47. The molecule has 0 rings (SSSR count). The van der Waals surface area contributed by atoms with Crippen molar-refractivity contribution in [1.82, 2.24) is 0 Å². The first-order valence-corrected chi connectivity index (χ1v) is 8.48. The Morgan fingerprint density at radius 3 is 1.75 bits per heavy atom. The van der Waals surface area contributed by atoms with Gasteiger partial charge in [-0.25, -0.2) is 10.1 Å². The third-order valence-corrected chi connectivity index (χ3v) is 3.72. The second-order valence-electron chi connectivity index (χ2n) is 5.62. The van der Waals surface area contributed by atoms with E-state index in [2.05, 4.69) is 23.9 Å². The van der Waals surface area contributed by atoms with E-state index in [0.717, 1.165) is 32.1 Å². The van der Waals surface area contributed by atoms with Crippen LogP contribution in [0.3, 0.4) is 0 Å². The van der Waals surface area contributed by atoms with Crippen LogP contribution in [0.15, 0.2) is 0 Å². The number of unbranched alkanes of at least 4 members (excludes halogenated alkanes) is 9. The Morgan fingerprint density at radius 2 is 1.20 bits per heavy atom. The van der Waals surface area contributed by atoms with Crippen molar-refractivity contribution < 1.29 is 20.2 Å². The SMILES string of the molecule is CCCCCCCCCCCC(CCCC)OOOO. The summed E-state index contributed by atoms with van der Waals surface area (Å²) in [7, 11) is 0. The second kappa shape index (κ2) is 16.9. The van der Waals surface area contributed by atoms with Crippen molar-refractivity contribution in [2.75, 3.05) is 0 Å². The van der Waals surface area contributed by atoms with Gasteiger partial charge in [-0.05, 0) is 22.9 Å². The Morgan fingerprint density at radius 1 is 0.700 bits per heavy atom. The van der Waals surface area contributed by atoms with Gasteiger partial charge in [0, 0.05) is 0 Å². The normalized spacial score (nSPS) is 12.8. The van der Waals surface area contributed by atoms with Crippen molar-refractivity contribution in [2.24, 2.45) is 0 Å². The monoisotopic (exact) mass is 290 g/mol. The maximum Gasteiger partial charge on any atom is 0.0962 e. The van der Waals surface area contributed by atoms with Crippen LogP contribution in [0, 0.1) is 0 Å². The maximum absolute atomic E-state index is 8.12. The molecule has 0 aliphatic heterocycles. The number of hydrogen-bond acceptors (Lipinski definition) is 4. The first-order chi connectivity index (χ1) is 9.85. The zero-order chi connectivity index (χ0) is 14.9. The first-order valence-electron chi connectivity index (χ1n) is 8.48. The van der Waals surface area contributed by atoms with E-state index in [0.29, 0.717) is 0 Å². The molecule has 0 heterocycles. The van der Waals surface area contributed by atoms with Crippen LogP contribution < -0.4 is 0 Å². The third kappa shape index (κ3) is 14.3. The summed E-state index contributed by atoms with van der Waals surface area (Å²) in [5, 5.41) is 15.8. The molecule has 0 aliphatic rings. The fourth-order valence-electron chi connectivity index (χ4n) is 2.43. The van der Waals surface area contributed by atoms with E-state index in [9.17, 15) is 0 Å². The van der Waals surface area contributed by atoms with Gasteiger partial charge in [-0.15, -0.1) is 0 Å². The molecular weight excluding hydrogens is 256 g/mol. The van der Waals surface area contributed by atoms with Crippen LogP contribution >= 0.6 is 0 Å². The Bertz CT molecular complexity index is 168. The summed E-state index contributed by atoms with van der Waals surface area (Å²) in [6.07, 6.45) is 16.1. The largest absolute Gasteiger partial charge is 0.219 e. The molecule has 0 aliphatic carbocycles. The Labute approximate surface area is 124 Å². The van der Waals surface area contributed by atoms with Crippen molar-refractivity contribution in [2.45, 2.75) is 103 Å². The smallest absolute Gasteiger partial charge is 0.0962 e. The van der Waals surface area contributed by atoms with Crippen LogP contribution in [0.25, 0.3) is 0 Å². The quantitative estimate of drug-likeness (QED) is 0.221. The molecule has 20 heavy (non-hydrogen) atoms. The predicted molar refractivity (Wildman–Crippen MR) is 81.0 cm³/mol. The van der Waals surface area contributed by atoms with Gasteiger partial charge < -0.3 is 0 Å². The van der Waals surface area contributed by atoms with Gasteiger partial charge in [0.1, 0.15) is 0 Å². The standard InChI is InChI=1S/C16H34O4/c1-3-5-7-8-9-10-11-12-13-15-16(14-6-4-2)18-20-19-17/h16-17H,3-15H2,1-2H3. The van der Waals surface area contributed by atoms with E-state index in [4.69, 9.17) is 10.1 Å². The Balaban J connectivity index is 3.38. The lowest BCUT2D eigenvalue weighted by Crippen LogP contribution is -2.13. The van der Waals surface area contributed by atoms with Gasteiger partial charge in [-0.2, -0.15) is 0 Å². The topological polar surface area (TPSA) is 47.9 Å². The highest BCUT2D eigenvalue weighted by molar-refractivity contribution is 4.57. The molecule has 0 fully saturated rings. The number of hydrogen-bond donors (Lipinski definition) is 1. The highest BCUT2D eigenvalue weighted by Gasteiger charge is 2.10. The summed E-state index contributed by atoms with van der Waals surface area (Å²) in [5.41, 5.74) is 0. The van der Waals surface area contributed by atoms with Crippen LogP contribution in [0.4, 0.5) is 0 Å². The average molecular weight is 290 g/mol. The van der Waals surface area contributed by atoms with Crippen molar-refractivity contribution >= 4 is 0 Å². The molecule has 1 N–H and O–H groups in total. The molecule has 1 atom stereocenters. The first kappa shape index (κ1) is 19.8. The lowest BCUT2D eigenvalue weighted by molar-refractivity contribution is -0.632. The van der Waals surface area contributed by atoms with Crippen LogP contribution in [-0.4, -0.2) is 11.4 Å². The highest BCUT2D eigenvalue weighted by Crippen LogP contribution is 2.15. The van der Waals surface area contributed by atoms with Gasteiger partial charge in [0.15, 0.2) is 0 Å². The van der Waals surface area contributed by atoms with Gasteiger partial charge in [0.05, 0.1) is 6.10 Å². The van der Waals surface area contributed by atoms with Gasteiger partial charge in [-0.3, -0.25) is 0 Å². The Kier molecular flexibility index (Phi) is 16.8. The molecule has 4 nitrogen and oxygen atoms in total. The fourth-order valence-corrected chi connectivity index (χ4v) is 2.43. The van der Waals surface area contributed by atoms with E-state index >= 15 is 0 Å². The van der Waals surface area contributed by atoms with Crippen LogP contribution in [-0.2, 0) is 15.0 Å². The summed E-state index contributed by atoms with van der Waals surface area (Å²) in [4.78, 5) is 4.99. The van der Waals surface area contributed by atoms with E-state index in [1.165, 1.54) is 51.4 Å². The summed E-state index contributed by atoms with van der Waals surface area (Å²) in [6, 6.07) is 0. The van der Waals surface area contributed by atoms with Gasteiger partial charge in [-0.1, -0.05) is 84.5 Å². The van der Waals surface area contributed by atoms with Crippen molar-refractivity contribution in [3.05, 3.63) is 0 Å². The number of rotatable bonds is 16. The molecule has 0 bridgehead atoms. The summed E-state index contributed by atoms with van der Waals surface area (Å²) in [5.74, 6) is 0. The van der Waals surface area contributed by atoms with E-state index in [1.807, 2.05) is 0 Å². The minimum Gasteiger partial charge on any atom is -0.219 e. The second-order valence-corrected chi connectivity index (χ2v) is 5.62. The van der Waals surface area contributed by atoms with E-state index in [-0.39, 0.29) is 6.10 Å². The molecule has 0 aromatic carbocycles. The zero-order valence-electron chi connectivity index (χ0n) is 13.4. The van der Waals surface area contributed by atoms with Crippen molar-refractivity contribution in [3.8, 4) is 0 Å². The van der Waals surface area contributed by atoms with Crippen LogP contribution in [0.5, 0.6) is 0 Å². The summed E-state index contributed by atoms with van der Waals surface area (Å²) < 4.78 is 0. The predicted octanol–water partition coefficient (Wildman–Crippen LogP) is 5.82. The molecular formula is C16H34O4. The minimum atomic E-state index is 0.0339. The van der Waals surface area contributed by atoms with Gasteiger partial charge in [0.2, 0.25) is 0 Å². The lowest BCUT2D eigenvalue weighted by Gasteiger charge is -2.13. The van der Waals surface area contributed by atoms with E-state index in [1.54, 1.807) is 0 Å². The molecule has 1 unspecified atom stereocenters. The Hall–Kier alpha value is -0.160. The summed E-state index contributed by atoms with van der Waals surface area (Å²) in [6.45, 7) is 4.40. The summed E-state index contributed by atoms with van der Waals surface area (Å²) >= 11 is 0. The lowest BCUT2D eigenvalue weighted by atomic mass is 10.0. The highest BCUT2D eigenvalue weighted by atomic mass is 17.6. The molecule has 0 aromatic rings.